The average molecular weight is 331 g/mol. The Morgan fingerprint density at radius 3 is 2.08 bits per heavy atom. The third-order valence-electron chi connectivity index (χ3n) is 4.69. The minimum absolute atomic E-state index is 0.174. The Morgan fingerprint density at radius 2 is 1.54 bits per heavy atom. The monoisotopic (exact) mass is 330 g/mol. The molecular formula is C22H34O2. The Bertz CT molecular complexity index is 534. The maximum absolute atomic E-state index is 11.6. The van der Waals surface area contributed by atoms with Crippen molar-refractivity contribution in [2.24, 2.45) is 5.92 Å². The molecule has 0 fully saturated rings. The first kappa shape index (κ1) is 20.5. The Morgan fingerprint density at radius 1 is 1.00 bits per heavy atom. The van der Waals surface area contributed by atoms with Gasteiger partial charge in [0.1, 0.15) is 6.10 Å². The second kappa shape index (κ2) is 10.3. The van der Waals surface area contributed by atoms with Crippen LogP contribution in [0, 0.1) is 5.92 Å². The molecule has 0 N–H and O–H groups in total. The number of carbonyl (C=O) groups excluding carboxylic acids is 1. The van der Waals surface area contributed by atoms with Crippen LogP contribution < -0.4 is 0 Å². The Labute approximate surface area is 148 Å². The van der Waals surface area contributed by atoms with Crippen molar-refractivity contribution in [1.82, 2.24) is 0 Å². The number of ether oxygens (including phenoxy) is 1. The van der Waals surface area contributed by atoms with Crippen LogP contribution in [0.25, 0.3) is 0 Å². The summed E-state index contributed by atoms with van der Waals surface area (Å²) >= 11 is 0. The molecule has 24 heavy (non-hydrogen) atoms. The molecule has 0 spiro atoms. The zero-order valence-electron chi connectivity index (χ0n) is 16.2. The molecule has 0 aromatic heterocycles. The van der Waals surface area contributed by atoms with Crippen molar-refractivity contribution in [3.8, 4) is 0 Å². The molecule has 0 saturated heterocycles. The summed E-state index contributed by atoms with van der Waals surface area (Å²) in [5.41, 5.74) is 5.23. The minimum atomic E-state index is -0.223. The van der Waals surface area contributed by atoms with E-state index in [0.29, 0.717) is 0 Å². The molecule has 1 rings (SSSR count). The van der Waals surface area contributed by atoms with E-state index < -0.39 is 0 Å². The van der Waals surface area contributed by atoms with Crippen LogP contribution in [0.3, 0.4) is 0 Å². The molecule has 0 aromatic carbocycles. The van der Waals surface area contributed by atoms with Crippen molar-refractivity contribution >= 4 is 5.97 Å². The molecule has 2 atom stereocenters. The fourth-order valence-electron chi connectivity index (χ4n) is 3.16. The first-order valence-electron chi connectivity index (χ1n) is 9.10. The summed E-state index contributed by atoms with van der Waals surface area (Å²) in [5, 5.41) is 0. The van der Waals surface area contributed by atoms with Gasteiger partial charge in [-0.1, -0.05) is 41.0 Å². The molecule has 2 heteroatoms. The molecule has 1 unspecified atom stereocenters. The second-order valence-electron chi connectivity index (χ2n) is 7.26. The van der Waals surface area contributed by atoms with E-state index in [1.54, 1.807) is 0 Å². The van der Waals surface area contributed by atoms with E-state index in [4.69, 9.17) is 4.74 Å². The zero-order valence-corrected chi connectivity index (χ0v) is 16.2. The quantitative estimate of drug-likeness (QED) is 0.438. The standard InChI is InChI=1S/C22H34O2/c1-16(2)21-14-13-18(4)11-7-9-17(3)10-8-12-19(5)15-22(21)24-20(6)23/h10-11,15,21-22H,1,7-9,12-14H2,2-6H3/b17-10+,18-11+,19-15+/t21?,22-/m1/s1. The van der Waals surface area contributed by atoms with Gasteiger partial charge in [0.2, 0.25) is 0 Å². The molecule has 134 valence electrons. The minimum Gasteiger partial charge on any atom is -0.458 e. The maximum atomic E-state index is 11.6. The second-order valence-corrected chi connectivity index (χ2v) is 7.26. The van der Waals surface area contributed by atoms with Crippen LogP contribution in [0.5, 0.6) is 0 Å². The summed E-state index contributed by atoms with van der Waals surface area (Å²) in [4.78, 5) is 11.6. The lowest BCUT2D eigenvalue weighted by Gasteiger charge is -2.26. The Balaban J connectivity index is 3.08. The smallest absolute Gasteiger partial charge is 0.303 e. The third-order valence-corrected chi connectivity index (χ3v) is 4.69. The number of carbonyl (C=O) groups is 1. The summed E-state index contributed by atoms with van der Waals surface area (Å²) in [5.74, 6) is -0.0492. The van der Waals surface area contributed by atoms with Crippen LogP contribution in [-0.2, 0) is 9.53 Å². The highest BCUT2D eigenvalue weighted by molar-refractivity contribution is 5.66. The molecular weight excluding hydrogens is 296 g/mol. The van der Waals surface area contributed by atoms with Crippen LogP contribution >= 0.6 is 0 Å². The van der Waals surface area contributed by atoms with Gasteiger partial charge in [0.15, 0.2) is 0 Å². The largest absolute Gasteiger partial charge is 0.458 e. The molecule has 1 aliphatic carbocycles. The van der Waals surface area contributed by atoms with Gasteiger partial charge >= 0.3 is 5.97 Å². The highest BCUT2D eigenvalue weighted by atomic mass is 16.5. The summed E-state index contributed by atoms with van der Waals surface area (Å²) in [6, 6.07) is 0. The van der Waals surface area contributed by atoms with E-state index in [0.717, 1.165) is 44.1 Å². The molecule has 0 aliphatic heterocycles. The van der Waals surface area contributed by atoms with E-state index in [1.807, 2.05) is 6.92 Å². The zero-order chi connectivity index (χ0) is 18.1. The van der Waals surface area contributed by atoms with Crippen molar-refractivity contribution in [2.45, 2.75) is 79.2 Å². The molecule has 0 aromatic rings. The van der Waals surface area contributed by atoms with E-state index in [2.05, 4.69) is 45.6 Å². The molecule has 0 bridgehead atoms. The fraction of sp³-hybridized carbons (Fsp3) is 0.591. The van der Waals surface area contributed by atoms with Crippen molar-refractivity contribution in [3.63, 3.8) is 0 Å². The highest BCUT2D eigenvalue weighted by Gasteiger charge is 2.23. The summed E-state index contributed by atoms with van der Waals surface area (Å²) in [6.45, 7) is 14.2. The SMILES string of the molecule is C=C(C)C1CC/C(C)=C/CC/C(C)=C/CC/C(C)=C/[C@H]1OC(C)=O. The number of esters is 1. The topological polar surface area (TPSA) is 26.3 Å². The first-order chi connectivity index (χ1) is 11.3. The van der Waals surface area contributed by atoms with E-state index >= 15 is 0 Å². The Hall–Kier alpha value is -1.57. The Kier molecular flexibility index (Phi) is 8.81. The van der Waals surface area contributed by atoms with Crippen LogP contribution in [0.1, 0.15) is 73.1 Å². The fourth-order valence-corrected chi connectivity index (χ4v) is 3.16. The van der Waals surface area contributed by atoms with Gasteiger partial charge in [-0.2, -0.15) is 0 Å². The highest BCUT2D eigenvalue weighted by Crippen LogP contribution is 2.27. The van der Waals surface area contributed by atoms with Gasteiger partial charge in [-0.3, -0.25) is 4.79 Å². The lowest BCUT2D eigenvalue weighted by Crippen LogP contribution is -2.25. The predicted molar refractivity (Wildman–Crippen MR) is 103 cm³/mol. The number of allylic oxidation sites excluding steroid dienone is 5. The van der Waals surface area contributed by atoms with E-state index in [9.17, 15) is 4.79 Å². The molecule has 2 nitrogen and oxygen atoms in total. The average Bonchev–Trinajstić information content (AvgIpc) is 2.45. The molecule has 0 heterocycles. The normalized spacial score (nSPS) is 30.6. The maximum Gasteiger partial charge on any atom is 0.303 e. The van der Waals surface area contributed by atoms with E-state index in [1.165, 1.54) is 23.6 Å². The molecule has 0 saturated carbocycles. The van der Waals surface area contributed by atoms with Crippen molar-refractivity contribution in [3.05, 3.63) is 47.1 Å². The van der Waals surface area contributed by atoms with Gasteiger partial charge in [-0.15, -0.1) is 0 Å². The summed E-state index contributed by atoms with van der Waals surface area (Å²) in [6.07, 6.45) is 12.9. The van der Waals surface area contributed by atoms with Gasteiger partial charge < -0.3 is 4.74 Å². The van der Waals surface area contributed by atoms with E-state index in [-0.39, 0.29) is 18.0 Å². The molecule has 0 amide bonds. The van der Waals surface area contributed by atoms with Crippen molar-refractivity contribution in [1.29, 1.82) is 0 Å². The summed E-state index contributed by atoms with van der Waals surface area (Å²) < 4.78 is 5.64. The van der Waals surface area contributed by atoms with Crippen LogP contribution in [0.2, 0.25) is 0 Å². The van der Waals surface area contributed by atoms with Crippen molar-refractivity contribution < 1.29 is 9.53 Å². The number of rotatable bonds is 2. The molecule has 1 aliphatic rings. The number of hydrogen-bond acceptors (Lipinski definition) is 2. The third kappa shape index (κ3) is 7.81. The predicted octanol–water partition coefficient (Wildman–Crippen LogP) is 6.30. The number of hydrogen-bond donors (Lipinski definition) is 0. The first-order valence-corrected chi connectivity index (χ1v) is 9.10. The van der Waals surface area contributed by atoms with Crippen LogP contribution in [0.4, 0.5) is 0 Å². The van der Waals surface area contributed by atoms with Crippen LogP contribution in [-0.4, -0.2) is 12.1 Å². The van der Waals surface area contributed by atoms with Gasteiger partial charge in [-0.05, 0) is 72.3 Å². The van der Waals surface area contributed by atoms with Crippen molar-refractivity contribution in [2.75, 3.05) is 0 Å². The van der Waals surface area contributed by atoms with Gasteiger partial charge in [0, 0.05) is 12.8 Å². The van der Waals surface area contributed by atoms with Gasteiger partial charge in [0.25, 0.3) is 0 Å². The van der Waals surface area contributed by atoms with Crippen LogP contribution in [0.15, 0.2) is 47.1 Å². The lowest BCUT2D eigenvalue weighted by molar-refractivity contribution is -0.145. The van der Waals surface area contributed by atoms with Gasteiger partial charge in [-0.25, -0.2) is 0 Å². The van der Waals surface area contributed by atoms with Gasteiger partial charge in [0.05, 0.1) is 0 Å². The summed E-state index contributed by atoms with van der Waals surface area (Å²) in [7, 11) is 0. The molecule has 0 radical (unpaired) electrons. The lowest BCUT2D eigenvalue weighted by atomic mass is 9.87.